The van der Waals surface area contributed by atoms with Crippen LogP contribution in [0.15, 0.2) is 52.4 Å². The first-order valence-corrected chi connectivity index (χ1v) is 8.54. The first-order valence-electron chi connectivity index (χ1n) is 8.54. The topological polar surface area (TPSA) is 119 Å². The number of nitriles is 1. The molecule has 0 saturated carbocycles. The molecule has 2 aromatic carbocycles. The number of hydrogen-bond acceptors (Lipinski definition) is 6. The highest BCUT2D eigenvalue weighted by molar-refractivity contribution is 5.94. The van der Waals surface area contributed by atoms with Crippen LogP contribution in [0.1, 0.15) is 11.1 Å². The van der Waals surface area contributed by atoms with E-state index in [1.54, 1.807) is 31.4 Å². The van der Waals surface area contributed by atoms with Gasteiger partial charge in [0.2, 0.25) is 0 Å². The SMILES string of the molecule is CN=Cc1c(N)c(-c2cc(N)ccc2Oc2ccc(C#N)cc2F)cn(C)c1=O. The van der Waals surface area contributed by atoms with Crippen LogP contribution >= 0.6 is 0 Å². The van der Waals surface area contributed by atoms with Gasteiger partial charge < -0.3 is 20.8 Å². The van der Waals surface area contributed by atoms with E-state index < -0.39 is 5.82 Å². The number of rotatable bonds is 4. The lowest BCUT2D eigenvalue weighted by atomic mass is 10.0. The second-order valence-electron chi connectivity index (χ2n) is 6.29. The maximum absolute atomic E-state index is 14.3. The number of pyridine rings is 1. The van der Waals surface area contributed by atoms with Gasteiger partial charge in [0.15, 0.2) is 11.6 Å². The second kappa shape index (κ2) is 7.86. The summed E-state index contributed by atoms with van der Waals surface area (Å²) in [5.74, 6) is -0.458. The van der Waals surface area contributed by atoms with Crippen molar-refractivity contribution in [1.82, 2.24) is 4.57 Å². The number of aromatic nitrogens is 1. The molecule has 3 rings (SSSR count). The quantitative estimate of drug-likeness (QED) is 0.523. The van der Waals surface area contributed by atoms with Crippen molar-refractivity contribution in [3.63, 3.8) is 0 Å². The van der Waals surface area contributed by atoms with Crippen LogP contribution in [0.4, 0.5) is 15.8 Å². The molecular weight excluding hydrogens is 373 g/mol. The number of hydrogen-bond donors (Lipinski definition) is 2. The Morgan fingerprint density at radius 2 is 1.90 bits per heavy atom. The molecule has 4 N–H and O–H groups in total. The predicted octanol–water partition coefficient (Wildman–Crippen LogP) is 3.07. The molecule has 0 fully saturated rings. The fraction of sp³-hybridized carbons (Fsp3) is 0.0952. The molecule has 0 aliphatic carbocycles. The monoisotopic (exact) mass is 391 g/mol. The third kappa shape index (κ3) is 3.80. The molecule has 0 bridgehead atoms. The summed E-state index contributed by atoms with van der Waals surface area (Å²) in [5.41, 5.74) is 13.9. The normalized spacial score (nSPS) is 10.8. The first kappa shape index (κ1) is 19.6. The van der Waals surface area contributed by atoms with Gasteiger partial charge in [0.25, 0.3) is 5.56 Å². The van der Waals surface area contributed by atoms with Gasteiger partial charge in [0.1, 0.15) is 5.75 Å². The third-order valence-electron chi connectivity index (χ3n) is 4.29. The van der Waals surface area contributed by atoms with Crippen LogP contribution in [0.25, 0.3) is 11.1 Å². The number of benzene rings is 2. The van der Waals surface area contributed by atoms with Gasteiger partial charge >= 0.3 is 0 Å². The average molecular weight is 391 g/mol. The van der Waals surface area contributed by atoms with E-state index in [-0.39, 0.29) is 33.9 Å². The van der Waals surface area contributed by atoms with Gasteiger partial charge in [0.05, 0.1) is 22.9 Å². The zero-order chi connectivity index (χ0) is 21.1. The van der Waals surface area contributed by atoms with Gasteiger partial charge in [-0.1, -0.05) is 0 Å². The molecule has 1 aromatic heterocycles. The summed E-state index contributed by atoms with van der Waals surface area (Å²) >= 11 is 0. The van der Waals surface area contributed by atoms with Gasteiger partial charge in [-0.05, 0) is 36.4 Å². The second-order valence-corrected chi connectivity index (χ2v) is 6.29. The number of nitrogens with zero attached hydrogens (tertiary/aromatic N) is 3. The zero-order valence-electron chi connectivity index (χ0n) is 15.8. The number of nitrogen functional groups attached to an aromatic ring is 2. The Labute approximate surface area is 166 Å². The number of aliphatic imine (C=N–C) groups is 1. The lowest BCUT2D eigenvalue weighted by molar-refractivity contribution is 0.443. The van der Waals surface area contributed by atoms with Gasteiger partial charge in [-0.15, -0.1) is 0 Å². The summed E-state index contributed by atoms with van der Waals surface area (Å²) in [5, 5.41) is 8.89. The van der Waals surface area contributed by atoms with E-state index in [4.69, 9.17) is 21.5 Å². The van der Waals surface area contributed by atoms with E-state index >= 15 is 0 Å². The maximum atomic E-state index is 14.3. The van der Waals surface area contributed by atoms with E-state index in [0.29, 0.717) is 16.8 Å². The average Bonchev–Trinajstić information content (AvgIpc) is 2.70. The Hall–Kier alpha value is -4.12. The summed E-state index contributed by atoms with van der Waals surface area (Å²) < 4.78 is 21.4. The van der Waals surface area contributed by atoms with Crippen LogP contribution in [0.3, 0.4) is 0 Å². The van der Waals surface area contributed by atoms with E-state index in [1.165, 1.54) is 30.0 Å². The highest BCUT2D eigenvalue weighted by Crippen LogP contribution is 2.38. The van der Waals surface area contributed by atoms with Crippen LogP contribution in [-0.4, -0.2) is 17.8 Å². The number of anilines is 2. The van der Waals surface area contributed by atoms with Crippen LogP contribution in [0, 0.1) is 17.1 Å². The van der Waals surface area contributed by atoms with E-state index in [9.17, 15) is 9.18 Å². The van der Waals surface area contributed by atoms with E-state index in [1.807, 2.05) is 6.07 Å². The van der Waals surface area contributed by atoms with Crippen molar-refractivity contribution < 1.29 is 9.13 Å². The van der Waals surface area contributed by atoms with E-state index in [2.05, 4.69) is 4.99 Å². The molecule has 3 aromatic rings. The first-order chi connectivity index (χ1) is 13.8. The summed E-state index contributed by atoms with van der Waals surface area (Å²) in [6.07, 6.45) is 2.94. The molecule has 29 heavy (non-hydrogen) atoms. The summed E-state index contributed by atoms with van der Waals surface area (Å²) in [7, 11) is 3.12. The molecule has 7 nitrogen and oxygen atoms in total. The smallest absolute Gasteiger partial charge is 0.261 e. The maximum Gasteiger partial charge on any atom is 0.261 e. The Morgan fingerprint density at radius 1 is 1.17 bits per heavy atom. The lowest BCUT2D eigenvalue weighted by Crippen LogP contribution is -2.23. The van der Waals surface area contributed by atoms with Crippen molar-refractivity contribution in [2.75, 3.05) is 18.5 Å². The summed E-state index contributed by atoms with van der Waals surface area (Å²) in [6.45, 7) is 0. The molecule has 1 heterocycles. The largest absolute Gasteiger partial charge is 0.454 e. The summed E-state index contributed by atoms with van der Waals surface area (Å²) in [6, 6.07) is 10.6. The zero-order valence-corrected chi connectivity index (χ0v) is 15.8. The molecule has 0 amide bonds. The molecule has 0 aliphatic rings. The van der Waals surface area contributed by atoms with Crippen molar-refractivity contribution in [3.05, 3.63) is 69.9 Å². The number of ether oxygens (including phenoxy) is 1. The van der Waals surface area contributed by atoms with Crippen LogP contribution in [-0.2, 0) is 7.05 Å². The van der Waals surface area contributed by atoms with Gasteiger partial charge in [-0.25, -0.2) is 4.39 Å². The molecule has 0 aliphatic heterocycles. The fourth-order valence-electron chi connectivity index (χ4n) is 2.86. The minimum Gasteiger partial charge on any atom is -0.454 e. The fourth-order valence-corrected chi connectivity index (χ4v) is 2.86. The van der Waals surface area contributed by atoms with Crippen LogP contribution in [0.2, 0.25) is 0 Å². The molecule has 8 heteroatoms. The molecular formula is C21H18FN5O2. The Balaban J connectivity index is 2.19. The molecule has 0 radical (unpaired) electrons. The Bertz CT molecular complexity index is 1220. The van der Waals surface area contributed by atoms with Crippen LogP contribution in [0.5, 0.6) is 11.5 Å². The van der Waals surface area contributed by atoms with Crippen molar-refractivity contribution in [2.45, 2.75) is 0 Å². The lowest BCUT2D eigenvalue weighted by Gasteiger charge is -2.16. The molecule has 0 atom stereocenters. The van der Waals surface area contributed by atoms with Crippen molar-refractivity contribution in [2.24, 2.45) is 12.0 Å². The van der Waals surface area contributed by atoms with Crippen molar-refractivity contribution in [1.29, 1.82) is 5.26 Å². The summed E-state index contributed by atoms with van der Waals surface area (Å²) in [4.78, 5) is 16.3. The molecule has 146 valence electrons. The highest BCUT2D eigenvalue weighted by atomic mass is 19.1. The number of halogens is 1. The Morgan fingerprint density at radius 3 is 2.55 bits per heavy atom. The van der Waals surface area contributed by atoms with Crippen LogP contribution < -0.4 is 21.8 Å². The van der Waals surface area contributed by atoms with E-state index in [0.717, 1.165) is 6.07 Å². The van der Waals surface area contributed by atoms with Gasteiger partial charge in [-0.3, -0.25) is 9.79 Å². The number of nitrogens with two attached hydrogens (primary N) is 2. The minimum atomic E-state index is -0.681. The third-order valence-corrected chi connectivity index (χ3v) is 4.29. The van der Waals surface area contributed by atoms with Crippen molar-refractivity contribution >= 4 is 17.6 Å². The molecule has 0 unspecified atom stereocenters. The van der Waals surface area contributed by atoms with Crippen molar-refractivity contribution in [3.8, 4) is 28.7 Å². The molecule has 0 saturated heterocycles. The van der Waals surface area contributed by atoms with Gasteiger partial charge in [-0.2, -0.15) is 5.26 Å². The number of aryl methyl sites for hydroxylation is 1. The Kier molecular flexibility index (Phi) is 5.32. The van der Waals surface area contributed by atoms with Gasteiger partial charge in [0, 0.05) is 43.3 Å². The minimum absolute atomic E-state index is 0.0613. The highest BCUT2D eigenvalue weighted by Gasteiger charge is 2.17. The molecule has 0 spiro atoms. The standard InChI is InChI=1S/C21H18FN5O2/c1-26-10-15-20(25)16(11-27(2)21(15)28)14-8-13(24)4-6-18(14)29-19-5-3-12(9-23)7-17(19)22/h3-8,10-11H,24-25H2,1-2H3. The predicted molar refractivity (Wildman–Crippen MR) is 111 cm³/mol.